The first-order valence-corrected chi connectivity index (χ1v) is 9.93. The fraction of sp³-hybridized carbons (Fsp3) is 0.619. The van der Waals surface area contributed by atoms with Crippen molar-refractivity contribution in [1.82, 2.24) is 10.2 Å². The van der Waals surface area contributed by atoms with Gasteiger partial charge in [-0.2, -0.15) is 0 Å². The Morgan fingerprint density at radius 3 is 2.74 bits per heavy atom. The quantitative estimate of drug-likeness (QED) is 0.800. The number of oxime groups is 1. The van der Waals surface area contributed by atoms with Crippen LogP contribution in [0.3, 0.4) is 0 Å². The average Bonchev–Trinajstić information content (AvgIpc) is 3.06. The molecule has 1 aromatic carbocycles. The zero-order valence-corrected chi connectivity index (χ0v) is 16.3. The number of nitrogens with zero attached hydrogens (tertiary/aromatic N) is 2. The molecule has 27 heavy (non-hydrogen) atoms. The largest absolute Gasteiger partial charge is 0.496 e. The van der Waals surface area contributed by atoms with Gasteiger partial charge in [-0.1, -0.05) is 17.3 Å². The minimum Gasteiger partial charge on any atom is -0.496 e. The van der Waals surface area contributed by atoms with Gasteiger partial charge in [0.1, 0.15) is 5.75 Å². The maximum Gasteiger partial charge on any atom is 0.267 e. The summed E-state index contributed by atoms with van der Waals surface area (Å²) in [5, 5.41) is 7.35. The molecule has 1 unspecified atom stereocenters. The van der Waals surface area contributed by atoms with Crippen LogP contribution in [-0.4, -0.2) is 55.4 Å². The maximum atomic E-state index is 12.9. The van der Waals surface area contributed by atoms with Gasteiger partial charge in [-0.05, 0) is 57.8 Å². The SMILES string of the molecule is COc1ccccc1C1=NOC(C)(C(=O)NCC2(CN3CCCC3)CC2)C1. The lowest BCUT2D eigenvalue weighted by atomic mass is 9.94. The van der Waals surface area contributed by atoms with Crippen molar-refractivity contribution in [2.75, 3.05) is 33.3 Å². The Morgan fingerprint density at radius 1 is 1.30 bits per heavy atom. The third-order valence-electron chi connectivity index (χ3n) is 6.10. The number of carbonyl (C=O) groups is 1. The molecule has 3 aliphatic rings. The molecule has 1 N–H and O–H groups in total. The van der Waals surface area contributed by atoms with Gasteiger partial charge in [0.25, 0.3) is 5.91 Å². The summed E-state index contributed by atoms with van der Waals surface area (Å²) in [5.74, 6) is 0.663. The summed E-state index contributed by atoms with van der Waals surface area (Å²) in [6.07, 6.45) is 5.45. The van der Waals surface area contributed by atoms with Gasteiger partial charge in [0.15, 0.2) is 0 Å². The molecule has 2 heterocycles. The molecule has 1 saturated carbocycles. The smallest absolute Gasteiger partial charge is 0.267 e. The molecule has 0 aromatic heterocycles. The Balaban J connectivity index is 1.34. The van der Waals surface area contributed by atoms with Crippen LogP contribution in [-0.2, 0) is 9.63 Å². The highest BCUT2D eigenvalue weighted by molar-refractivity contribution is 6.07. The van der Waals surface area contributed by atoms with E-state index in [1.807, 2.05) is 31.2 Å². The van der Waals surface area contributed by atoms with E-state index >= 15 is 0 Å². The van der Waals surface area contributed by atoms with Gasteiger partial charge in [-0.25, -0.2) is 0 Å². The molecular weight excluding hydrogens is 342 g/mol. The minimum atomic E-state index is -0.958. The molecule has 4 rings (SSSR count). The van der Waals surface area contributed by atoms with Crippen LogP contribution in [0.1, 0.15) is 44.6 Å². The first-order chi connectivity index (χ1) is 13.0. The molecule has 1 amide bonds. The number of benzene rings is 1. The van der Waals surface area contributed by atoms with Crippen molar-refractivity contribution in [3.05, 3.63) is 29.8 Å². The van der Waals surface area contributed by atoms with Gasteiger partial charge < -0.3 is 19.8 Å². The van der Waals surface area contributed by atoms with E-state index < -0.39 is 5.60 Å². The van der Waals surface area contributed by atoms with E-state index in [0.717, 1.165) is 30.1 Å². The van der Waals surface area contributed by atoms with E-state index in [0.29, 0.717) is 6.42 Å². The first-order valence-electron chi connectivity index (χ1n) is 9.93. The highest BCUT2D eigenvalue weighted by Gasteiger charge is 2.47. The van der Waals surface area contributed by atoms with E-state index in [1.165, 1.54) is 38.8 Å². The van der Waals surface area contributed by atoms with Crippen LogP contribution < -0.4 is 10.1 Å². The lowest BCUT2D eigenvalue weighted by molar-refractivity contribution is -0.142. The second kappa shape index (κ2) is 7.15. The number of amides is 1. The van der Waals surface area contributed by atoms with E-state index in [2.05, 4.69) is 15.4 Å². The van der Waals surface area contributed by atoms with E-state index in [9.17, 15) is 4.79 Å². The summed E-state index contributed by atoms with van der Waals surface area (Å²) in [7, 11) is 1.64. The van der Waals surface area contributed by atoms with Crippen molar-refractivity contribution in [2.45, 2.75) is 44.6 Å². The second-order valence-corrected chi connectivity index (χ2v) is 8.40. The van der Waals surface area contributed by atoms with Crippen molar-refractivity contribution < 1.29 is 14.4 Å². The van der Waals surface area contributed by atoms with Crippen LogP contribution in [0.25, 0.3) is 0 Å². The van der Waals surface area contributed by atoms with E-state index in [1.54, 1.807) is 7.11 Å². The molecule has 6 nitrogen and oxygen atoms in total. The Morgan fingerprint density at radius 2 is 2.04 bits per heavy atom. The van der Waals surface area contributed by atoms with Gasteiger partial charge in [0.05, 0.1) is 12.8 Å². The van der Waals surface area contributed by atoms with Gasteiger partial charge in [0, 0.05) is 30.5 Å². The highest BCUT2D eigenvalue weighted by atomic mass is 16.7. The van der Waals surface area contributed by atoms with Crippen LogP contribution in [0.5, 0.6) is 5.75 Å². The van der Waals surface area contributed by atoms with E-state index in [4.69, 9.17) is 9.57 Å². The van der Waals surface area contributed by atoms with Crippen molar-refractivity contribution in [1.29, 1.82) is 0 Å². The van der Waals surface area contributed by atoms with Crippen LogP contribution >= 0.6 is 0 Å². The zero-order chi connectivity index (χ0) is 18.9. The van der Waals surface area contributed by atoms with Crippen molar-refractivity contribution in [3.63, 3.8) is 0 Å². The Kier molecular flexibility index (Phi) is 4.84. The van der Waals surface area contributed by atoms with Crippen molar-refractivity contribution in [2.24, 2.45) is 10.6 Å². The van der Waals surface area contributed by atoms with Crippen molar-refractivity contribution >= 4 is 11.6 Å². The number of rotatable bonds is 7. The molecule has 0 radical (unpaired) electrons. The number of hydrogen-bond donors (Lipinski definition) is 1. The van der Waals surface area contributed by atoms with Gasteiger partial charge in [-0.15, -0.1) is 0 Å². The number of para-hydroxylation sites is 1. The fourth-order valence-electron chi connectivity index (χ4n) is 4.13. The predicted octanol–water partition coefficient (Wildman–Crippen LogP) is 2.57. The predicted molar refractivity (Wildman–Crippen MR) is 104 cm³/mol. The zero-order valence-electron chi connectivity index (χ0n) is 16.3. The van der Waals surface area contributed by atoms with Gasteiger partial charge in [-0.3, -0.25) is 4.79 Å². The number of carbonyl (C=O) groups excluding carboxylic acids is 1. The van der Waals surface area contributed by atoms with Crippen LogP contribution in [0.2, 0.25) is 0 Å². The summed E-state index contributed by atoms with van der Waals surface area (Å²) in [4.78, 5) is 21.0. The molecule has 2 fully saturated rings. The monoisotopic (exact) mass is 371 g/mol. The third kappa shape index (κ3) is 3.81. The molecule has 1 aromatic rings. The Hall–Kier alpha value is -2.08. The second-order valence-electron chi connectivity index (χ2n) is 8.40. The third-order valence-corrected chi connectivity index (χ3v) is 6.10. The average molecular weight is 371 g/mol. The summed E-state index contributed by atoms with van der Waals surface area (Å²) in [5.41, 5.74) is 0.939. The molecule has 6 heteroatoms. The van der Waals surface area contributed by atoms with Gasteiger partial charge in [0.2, 0.25) is 5.60 Å². The lowest BCUT2D eigenvalue weighted by Crippen LogP contribution is -2.47. The molecule has 146 valence electrons. The first kappa shape index (κ1) is 18.3. The Labute approximate surface area is 160 Å². The molecule has 0 bridgehead atoms. The minimum absolute atomic E-state index is 0.0798. The van der Waals surface area contributed by atoms with Crippen LogP contribution in [0, 0.1) is 5.41 Å². The maximum absolute atomic E-state index is 12.9. The Bertz CT molecular complexity index is 738. The summed E-state index contributed by atoms with van der Waals surface area (Å²) in [6, 6.07) is 7.69. The molecule has 2 aliphatic heterocycles. The normalized spacial score (nSPS) is 26.4. The van der Waals surface area contributed by atoms with Crippen molar-refractivity contribution in [3.8, 4) is 5.75 Å². The molecule has 0 spiro atoms. The summed E-state index contributed by atoms with van der Waals surface area (Å²) in [6.45, 7) is 6.05. The molecule has 1 saturated heterocycles. The van der Waals surface area contributed by atoms with E-state index in [-0.39, 0.29) is 11.3 Å². The van der Waals surface area contributed by atoms with Gasteiger partial charge >= 0.3 is 0 Å². The van der Waals surface area contributed by atoms with Crippen LogP contribution in [0.15, 0.2) is 29.4 Å². The fourth-order valence-corrected chi connectivity index (χ4v) is 4.13. The standard InChI is InChI=1S/C21H29N3O3/c1-20(13-17(23-27-20)16-7-3-4-8-18(16)26-2)19(25)22-14-21(9-10-21)15-24-11-5-6-12-24/h3-4,7-8H,5-6,9-15H2,1-2H3,(H,22,25). The topological polar surface area (TPSA) is 63.2 Å². The molecular formula is C21H29N3O3. The molecule has 1 atom stereocenters. The number of nitrogens with one attached hydrogen (secondary N) is 1. The summed E-state index contributed by atoms with van der Waals surface area (Å²) < 4.78 is 5.41. The number of ether oxygens (including phenoxy) is 1. The number of hydrogen-bond acceptors (Lipinski definition) is 5. The highest BCUT2D eigenvalue weighted by Crippen LogP contribution is 2.46. The molecule has 1 aliphatic carbocycles. The number of likely N-dealkylation sites (tertiary alicyclic amines) is 1. The van der Waals surface area contributed by atoms with Crippen LogP contribution in [0.4, 0.5) is 0 Å². The summed E-state index contributed by atoms with van der Waals surface area (Å²) >= 11 is 0. The number of methoxy groups -OCH3 is 1. The lowest BCUT2D eigenvalue weighted by Gasteiger charge is -2.26.